The van der Waals surface area contributed by atoms with Gasteiger partial charge in [-0.25, -0.2) is 5.43 Å². The molecule has 0 fully saturated rings. The number of anilines is 1. The van der Waals surface area contributed by atoms with Crippen LogP contribution in [0.25, 0.3) is 21.9 Å². The van der Waals surface area contributed by atoms with E-state index in [0.717, 1.165) is 16.4 Å². The minimum atomic E-state index is -0.398. The van der Waals surface area contributed by atoms with Crippen LogP contribution in [0.3, 0.4) is 0 Å². The Morgan fingerprint density at radius 2 is 1.94 bits per heavy atom. The largest absolute Gasteiger partial charge is 0.495 e. The molecule has 0 unspecified atom stereocenters. The zero-order valence-corrected chi connectivity index (χ0v) is 17.0. The average molecular weight is 416 g/mol. The molecule has 8 nitrogen and oxygen atoms in total. The number of amides is 2. The molecule has 2 amide bonds. The van der Waals surface area contributed by atoms with Crippen molar-refractivity contribution in [3.8, 4) is 5.75 Å². The van der Waals surface area contributed by atoms with Gasteiger partial charge in [-0.15, -0.1) is 0 Å². The van der Waals surface area contributed by atoms with E-state index in [-0.39, 0.29) is 12.3 Å². The molecule has 0 atom stereocenters. The van der Waals surface area contributed by atoms with E-state index in [9.17, 15) is 9.59 Å². The second-order valence-corrected chi connectivity index (χ2v) is 6.90. The number of nitrogens with zero attached hydrogens (tertiary/aromatic N) is 2. The highest BCUT2D eigenvalue weighted by Crippen LogP contribution is 2.36. The van der Waals surface area contributed by atoms with Crippen LogP contribution in [0.5, 0.6) is 5.75 Å². The van der Waals surface area contributed by atoms with E-state index in [1.807, 2.05) is 30.3 Å². The van der Waals surface area contributed by atoms with E-state index in [2.05, 4.69) is 20.8 Å². The van der Waals surface area contributed by atoms with E-state index in [1.54, 1.807) is 38.4 Å². The molecular formula is C23H20N4O4. The maximum absolute atomic E-state index is 12.5. The third-order valence-electron chi connectivity index (χ3n) is 4.66. The Balaban J connectivity index is 1.47. The van der Waals surface area contributed by atoms with Gasteiger partial charge in [-0.1, -0.05) is 18.2 Å². The van der Waals surface area contributed by atoms with E-state index in [1.165, 1.54) is 6.20 Å². The van der Waals surface area contributed by atoms with Gasteiger partial charge >= 0.3 is 0 Å². The highest BCUT2D eigenvalue weighted by Gasteiger charge is 2.14. The summed E-state index contributed by atoms with van der Waals surface area (Å²) in [6.07, 6.45) is 3.01. The smallest absolute Gasteiger partial charge is 0.272 e. The lowest BCUT2D eigenvalue weighted by molar-refractivity contribution is -0.115. The Labute approximate surface area is 177 Å². The fourth-order valence-corrected chi connectivity index (χ4v) is 3.19. The molecule has 4 aromatic rings. The van der Waals surface area contributed by atoms with Gasteiger partial charge in [-0.3, -0.25) is 14.6 Å². The number of carbonyl (C=O) groups is 2. The van der Waals surface area contributed by atoms with Gasteiger partial charge in [0.15, 0.2) is 0 Å². The molecule has 0 saturated heterocycles. The average Bonchev–Trinajstić information content (AvgIpc) is 3.14. The normalized spacial score (nSPS) is 11.5. The number of benzene rings is 2. The molecule has 0 aliphatic heterocycles. The molecule has 0 bridgehead atoms. The van der Waals surface area contributed by atoms with Crippen molar-refractivity contribution in [3.63, 3.8) is 0 Å². The van der Waals surface area contributed by atoms with Crippen LogP contribution in [0.1, 0.15) is 23.7 Å². The zero-order valence-electron chi connectivity index (χ0n) is 17.0. The summed E-state index contributed by atoms with van der Waals surface area (Å²) >= 11 is 0. The summed E-state index contributed by atoms with van der Waals surface area (Å²) in [5.41, 5.74) is 5.14. The number of carbonyl (C=O) groups excluding carboxylic acids is 2. The van der Waals surface area contributed by atoms with Gasteiger partial charge in [0.05, 0.1) is 24.8 Å². The number of methoxy groups -OCH3 is 1. The maximum atomic E-state index is 12.5. The first kappa shape index (κ1) is 20.1. The van der Waals surface area contributed by atoms with Crippen LogP contribution in [0.2, 0.25) is 0 Å². The Hall–Kier alpha value is -4.20. The number of para-hydroxylation sites is 1. The second-order valence-electron chi connectivity index (χ2n) is 6.90. The number of rotatable bonds is 6. The van der Waals surface area contributed by atoms with Crippen molar-refractivity contribution in [2.75, 3.05) is 12.4 Å². The molecule has 2 aromatic carbocycles. The lowest BCUT2D eigenvalue weighted by atomic mass is 10.1. The van der Waals surface area contributed by atoms with Gasteiger partial charge in [-0.2, -0.15) is 5.10 Å². The Morgan fingerprint density at radius 3 is 2.71 bits per heavy atom. The number of hydrazone groups is 1. The Morgan fingerprint density at radius 1 is 1.10 bits per heavy atom. The van der Waals surface area contributed by atoms with Crippen LogP contribution in [-0.4, -0.2) is 29.6 Å². The molecule has 2 aromatic heterocycles. The first-order chi connectivity index (χ1) is 15.0. The number of nitrogens with one attached hydrogen (secondary N) is 2. The molecule has 156 valence electrons. The summed E-state index contributed by atoms with van der Waals surface area (Å²) in [4.78, 5) is 28.4. The number of aromatic nitrogens is 1. The summed E-state index contributed by atoms with van der Waals surface area (Å²) in [6.45, 7) is 1.66. The van der Waals surface area contributed by atoms with Crippen molar-refractivity contribution in [2.45, 2.75) is 13.3 Å². The molecule has 31 heavy (non-hydrogen) atoms. The third-order valence-corrected chi connectivity index (χ3v) is 4.66. The van der Waals surface area contributed by atoms with Crippen molar-refractivity contribution >= 4 is 45.2 Å². The lowest BCUT2D eigenvalue weighted by Crippen LogP contribution is -2.21. The van der Waals surface area contributed by atoms with Crippen LogP contribution >= 0.6 is 0 Å². The van der Waals surface area contributed by atoms with Gasteiger partial charge < -0.3 is 14.5 Å². The van der Waals surface area contributed by atoms with Crippen molar-refractivity contribution in [3.05, 3.63) is 66.5 Å². The van der Waals surface area contributed by atoms with E-state index < -0.39 is 5.91 Å². The Kier molecular flexibility index (Phi) is 5.61. The van der Waals surface area contributed by atoms with Crippen molar-refractivity contribution < 1.29 is 18.7 Å². The molecule has 4 rings (SSSR count). The first-order valence-electron chi connectivity index (χ1n) is 9.58. The van der Waals surface area contributed by atoms with E-state index in [4.69, 9.17) is 9.15 Å². The lowest BCUT2D eigenvalue weighted by Gasteiger charge is -2.10. The fraction of sp³-hybridized carbons (Fsp3) is 0.130. The molecule has 0 aliphatic rings. The van der Waals surface area contributed by atoms with Crippen LogP contribution in [-0.2, 0) is 4.79 Å². The highest BCUT2D eigenvalue weighted by atomic mass is 16.5. The number of pyridine rings is 1. The predicted octanol–water partition coefficient (Wildman–Crippen LogP) is 4.12. The standard InChI is InChI=1S/C23H20N4O4/c1-14(26-27-23(29)15-6-5-9-24-13-15)10-22(28)25-18-12-20-17(11-21(18)30-2)16-7-3-4-8-19(16)31-20/h3-9,11-13H,10H2,1-2H3,(H,25,28)(H,27,29)/b26-14-. The number of hydrogen-bond donors (Lipinski definition) is 2. The molecule has 0 radical (unpaired) electrons. The maximum Gasteiger partial charge on any atom is 0.272 e. The minimum Gasteiger partial charge on any atom is -0.495 e. The van der Waals surface area contributed by atoms with Gasteiger partial charge in [0.1, 0.15) is 16.9 Å². The summed E-state index contributed by atoms with van der Waals surface area (Å²) in [5.74, 6) is -0.178. The zero-order chi connectivity index (χ0) is 21.8. The number of hydrogen-bond acceptors (Lipinski definition) is 6. The molecule has 2 N–H and O–H groups in total. The third kappa shape index (κ3) is 4.37. The second kappa shape index (κ2) is 8.66. The minimum absolute atomic E-state index is 0.00532. The summed E-state index contributed by atoms with van der Waals surface area (Å²) in [6, 6.07) is 14.6. The molecule has 8 heteroatoms. The predicted molar refractivity (Wildman–Crippen MR) is 118 cm³/mol. The monoisotopic (exact) mass is 416 g/mol. The molecule has 0 saturated carbocycles. The molecule has 0 aliphatic carbocycles. The van der Waals surface area contributed by atoms with Crippen molar-refractivity contribution in [1.29, 1.82) is 0 Å². The van der Waals surface area contributed by atoms with Crippen LogP contribution in [0.15, 0.2) is 70.4 Å². The van der Waals surface area contributed by atoms with Crippen LogP contribution in [0, 0.1) is 0 Å². The summed E-state index contributed by atoms with van der Waals surface area (Å²) < 4.78 is 11.3. The van der Waals surface area contributed by atoms with Crippen LogP contribution in [0.4, 0.5) is 5.69 Å². The van der Waals surface area contributed by atoms with E-state index >= 15 is 0 Å². The SMILES string of the molecule is COc1cc2c(cc1NC(=O)C/C(C)=N\NC(=O)c1cccnc1)oc1ccccc12. The van der Waals surface area contributed by atoms with Crippen LogP contribution < -0.4 is 15.5 Å². The van der Waals surface area contributed by atoms with Gasteiger partial charge in [0, 0.05) is 34.9 Å². The number of ether oxygens (including phenoxy) is 1. The Bertz CT molecular complexity index is 1300. The molecule has 0 spiro atoms. The first-order valence-corrected chi connectivity index (χ1v) is 9.58. The van der Waals surface area contributed by atoms with Crippen molar-refractivity contribution in [2.24, 2.45) is 5.10 Å². The summed E-state index contributed by atoms with van der Waals surface area (Å²) in [5, 5.41) is 8.68. The topological polar surface area (TPSA) is 106 Å². The highest BCUT2D eigenvalue weighted by molar-refractivity contribution is 6.10. The van der Waals surface area contributed by atoms with Gasteiger partial charge in [-0.05, 0) is 31.2 Å². The fourth-order valence-electron chi connectivity index (χ4n) is 3.19. The number of furan rings is 1. The molecule has 2 heterocycles. The van der Waals surface area contributed by atoms with E-state index in [0.29, 0.717) is 28.3 Å². The number of fused-ring (bicyclic) bond motifs is 3. The quantitative estimate of drug-likeness (QED) is 0.363. The van der Waals surface area contributed by atoms with Crippen molar-refractivity contribution in [1.82, 2.24) is 10.4 Å². The van der Waals surface area contributed by atoms with Gasteiger partial charge in [0.2, 0.25) is 5.91 Å². The van der Waals surface area contributed by atoms with Gasteiger partial charge in [0.25, 0.3) is 5.91 Å². The summed E-state index contributed by atoms with van der Waals surface area (Å²) in [7, 11) is 1.54. The molecular weight excluding hydrogens is 396 g/mol.